The topological polar surface area (TPSA) is 106 Å². The third-order valence-electron chi connectivity index (χ3n) is 12.6. The first-order valence-electron chi connectivity index (χ1n) is 15.2. The van der Waals surface area contributed by atoms with Gasteiger partial charge in [-0.05, 0) is 84.6 Å². The number of benzene rings is 1. The van der Waals surface area contributed by atoms with Crippen molar-refractivity contribution in [1.82, 2.24) is 9.88 Å². The lowest BCUT2D eigenvalue weighted by atomic mass is 9.56. The molecule has 7 aliphatic rings. The maximum absolute atomic E-state index is 12.5. The van der Waals surface area contributed by atoms with Crippen molar-refractivity contribution >= 4 is 10.8 Å². The molecule has 11 atom stereocenters. The Morgan fingerprint density at radius 1 is 1.02 bits per heavy atom. The van der Waals surface area contributed by atoms with Gasteiger partial charge in [0.1, 0.15) is 5.60 Å². The van der Waals surface area contributed by atoms with E-state index < -0.39 is 34.9 Å². The molecule has 1 aromatic heterocycles. The Morgan fingerprint density at radius 2 is 1.85 bits per heavy atom. The maximum atomic E-state index is 12.5. The van der Waals surface area contributed by atoms with Gasteiger partial charge in [0.25, 0.3) is 0 Å². The van der Waals surface area contributed by atoms with Gasteiger partial charge < -0.3 is 25.2 Å². The summed E-state index contributed by atoms with van der Waals surface area (Å²) in [5.74, 6) is 1.06. The summed E-state index contributed by atoms with van der Waals surface area (Å²) in [4.78, 5) is 6.59. The van der Waals surface area contributed by atoms with Crippen molar-refractivity contribution in [1.29, 1.82) is 0 Å². The van der Waals surface area contributed by atoms with Gasteiger partial charge in [-0.25, -0.2) is 0 Å². The number of pyridine rings is 1. The summed E-state index contributed by atoms with van der Waals surface area (Å²) in [6.07, 6.45) is 11.2. The maximum Gasteiger partial charge on any atom is 0.121 e. The van der Waals surface area contributed by atoms with Gasteiger partial charge in [-0.2, -0.15) is 0 Å². The summed E-state index contributed by atoms with van der Waals surface area (Å²) >= 11 is 0. The van der Waals surface area contributed by atoms with Crippen LogP contribution in [-0.4, -0.2) is 79.0 Å². The van der Waals surface area contributed by atoms with Gasteiger partial charge in [0.15, 0.2) is 0 Å². The average Bonchev–Trinajstić information content (AvgIpc) is 3.54. The lowest BCUT2D eigenvalue weighted by Crippen LogP contribution is -2.58. The molecule has 210 valence electrons. The molecule has 4 N–H and O–H groups in total. The number of hydrogen-bond donors (Lipinski definition) is 4. The van der Waals surface area contributed by atoms with Crippen molar-refractivity contribution < 1.29 is 25.2 Å². The Labute approximate surface area is 234 Å². The summed E-state index contributed by atoms with van der Waals surface area (Å²) in [5, 5.41) is 46.8. The average molecular weight is 543 g/mol. The molecule has 3 aliphatic heterocycles. The number of aliphatic hydroxyl groups excluding tert-OH is 3. The van der Waals surface area contributed by atoms with E-state index in [1.54, 1.807) is 6.20 Å². The quantitative estimate of drug-likeness (QED) is 0.463. The zero-order valence-electron chi connectivity index (χ0n) is 22.9. The van der Waals surface area contributed by atoms with Crippen LogP contribution in [0, 0.1) is 23.2 Å². The number of nitrogens with zero attached hydrogens (tertiary/aromatic N) is 2. The highest BCUT2D eigenvalue weighted by atomic mass is 16.5. The second kappa shape index (κ2) is 7.63. The van der Waals surface area contributed by atoms with Crippen molar-refractivity contribution in [3.63, 3.8) is 0 Å². The number of allylic oxidation sites excluding steroid dienone is 1. The minimum absolute atomic E-state index is 0.0208. The van der Waals surface area contributed by atoms with Crippen LogP contribution in [0.25, 0.3) is 10.8 Å². The Kier molecular flexibility index (Phi) is 4.66. The highest BCUT2D eigenvalue weighted by Gasteiger charge is 2.74. The molecule has 2 spiro atoms. The third-order valence-corrected chi connectivity index (χ3v) is 12.6. The zero-order chi connectivity index (χ0) is 27.2. The van der Waals surface area contributed by atoms with Gasteiger partial charge in [-0.15, -0.1) is 0 Å². The summed E-state index contributed by atoms with van der Waals surface area (Å²) in [7, 11) is 0. The third kappa shape index (κ3) is 2.80. The van der Waals surface area contributed by atoms with Crippen LogP contribution in [0.5, 0.6) is 0 Å². The fraction of sp³-hybridized carbons (Fsp3) is 0.606. The van der Waals surface area contributed by atoms with Crippen LogP contribution < -0.4 is 0 Å². The number of aliphatic hydroxyl groups is 4. The molecule has 2 bridgehead atoms. The molecule has 5 fully saturated rings. The first kappa shape index (κ1) is 24.5. The predicted octanol–water partition coefficient (Wildman–Crippen LogP) is 2.81. The normalized spacial score (nSPS) is 50.6. The lowest BCUT2D eigenvalue weighted by Gasteiger charge is -2.56. The van der Waals surface area contributed by atoms with Crippen molar-refractivity contribution in [2.45, 2.75) is 86.6 Å². The SMILES string of the molecule is C[C@]12CC=C3C=C4[C@H]5C[C@H]5[C@@H](N5C[C@H](O)[C@@H](O)C5)C[C@]45CCC3(O5)[C@@H]1C[C@@H](O)[C@]2(O)c1ccc2ccncc2c1. The van der Waals surface area contributed by atoms with Gasteiger partial charge in [0.05, 0.1) is 29.5 Å². The van der Waals surface area contributed by atoms with Crippen molar-refractivity contribution in [2.24, 2.45) is 23.2 Å². The number of hydrogen-bond acceptors (Lipinski definition) is 7. The van der Waals surface area contributed by atoms with Crippen LogP contribution in [0.2, 0.25) is 0 Å². The summed E-state index contributed by atoms with van der Waals surface area (Å²) in [6, 6.07) is 8.28. The molecule has 7 heteroatoms. The number of likely N-dealkylation sites (tertiary alicyclic amines) is 1. The van der Waals surface area contributed by atoms with E-state index in [-0.39, 0.29) is 11.5 Å². The second-order valence-corrected chi connectivity index (χ2v) is 14.2. The van der Waals surface area contributed by atoms with E-state index in [0.29, 0.717) is 43.8 Å². The fourth-order valence-electron chi connectivity index (χ4n) is 10.5. The number of ether oxygens (including phenoxy) is 1. The van der Waals surface area contributed by atoms with Crippen LogP contribution >= 0.6 is 0 Å². The van der Waals surface area contributed by atoms with E-state index >= 15 is 0 Å². The monoisotopic (exact) mass is 542 g/mol. The molecule has 1 unspecified atom stereocenters. The van der Waals surface area contributed by atoms with Crippen LogP contribution in [-0.2, 0) is 10.3 Å². The molecule has 3 saturated carbocycles. The van der Waals surface area contributed by atoms with Gasteiger partial charge in [0.2, 0.25) is 0 Å². The van der Waals surface area contributed by atoms with Gasteiger partial charge in [0, 0.05) is 48.2 Å². The molecule has 40 heavy (non-hydrogen) atoms. The predicted molar refractivity (Wildman–Crippen MR) is 148 cm³/mol. The van der Waals surface area contributed by atoms with E-state index in [2.05, 4.69) is 29.0 Å². The lowest BCUT2D eigenvalue weighted by molar-refractivity contribution is -0.176. The van der Waals surface area contributed by atoms with E-state index in [1.165, 1.54) is 11.1 Å². The van der Waals surface area contributed by atoms with Gasteiger partial charge >= 0.3 is 0 Å². The summed E-state index contributed by atoms with van der Waals surface area (Å²) < 4.78 is 7.43. The van der Waals surface area contributed by atoms with E-state index in [4.69, 9.17) is 4.74 Å². The molecule has 7 nitrogen and oxygen atoms in total. The molecule has 4 aliphatic carbocycles. The van der Waals surface area contributed by atoms with Crippen LogP contribution in [0.3, 0.4) is 0 Å². The smallest absolute Gasteiger partial charge is 0.121 e. The highest BCUT2D eigenvalue weighted by molar-refractivity contribution is 5.82. The van der Waals surface area contributed by atoms with Crippen molar-refractivity contribution in [3.8, 4) is 0 Å². The Balaban J connectivity index is 1.11. The molecular weight excluding hydrogens is 504 g/mol. The van der Waals surface area contributed by atoms with Crippen LogP contribution in [0.15, 0.2) is 60.0 Å². The number of fused-ring (bicyclic) bond motifs is 4. The van der Waals surface area contributed by atoms with Crippen LogP contribution in [0.1, 0.15) is 51.0 Å². The minimum atomic E-state index is -1.40. The molecular formula is C33H38N2O5. The molecule has 4 heterocycles. The Bertz CT molecular complexity index is 1500. The van der Waals surface area contributed by atoms with E-state index in [0.717, 1.165) is 42.0 Å². The Hall–Kier alpha value is -2.13. The number of β-amino-alcohol motifs (C(OH)–C–C–N with tert-alkyl or cyclic N) is 2. The van der Waals surface area contributed by atoms with Gasteiger partial charge in [-0.3, -0.25) is 9.88 Å². The molecule has 9 rings (SSSR count). The van der Waals surface area contributed by atoms with Crippen LogP contribution in [0.4, 0.5) is 0 Å². The number of aromatic nitrogens is 1. The molecule has 1 aromatic carbocycles. The molecule has 2 aromatic rings. The van der Waals surface area contributed by atoms with Crippen molar-refractivity contribution in [3.05, 3.63) is 65.5 Å². The minimum Gasteiger partial charge on any atom is -0.390 e. The Morgan fingerprint density at radius 3 is 2.67 bits per heavy atom. The first-order chi connectivity index (χ1) is 19.2. The largest absolute Gasteiger partial charge is 0.390 e. The number of rotatable bonds is 2. The standard InChI is InChI=1S/C33H38N2O5/c1-30-6-4-20-11-24-22-12-23(22)25(35-16-26(36)27(37)17-35)14-31(24)7-8-32(20,40-31)28(30)13-29(38)33(30,39)21-3-2-18-5-9-34-15-19(18)10-21/h2-5,9-11,15,22-23,25-29,36-39H,6-8,12-14,16-17H2,1H3/t22-,23+,25-,26-,27-,28+,29+,30-,31+,32?,33+/m0/s1. The highest BCUT2D eigenvalue weighted by Crippen LogP contribution is 2.73. The van der Waals surface area contributed by atoms with Gasteiger partial charge in [-0.1, -0.05) is 31.2 Å². The second-order valence-electron chi connectivity index (χ2n) is 14.2. The van der Waals surface area contributed by atoms with Crippen molar-refractivity contribution in [2.75, 3.05) is 13.1 Å². The first-order valence-corrected chi connectivity index (χ1v) is 15.2. The molecule has 2 saturated heterocycles. The van der Waals surface area contributed by atoms with E-state index in [9.17, 15) is 20.4 Å². The molecule has 0 radical (unpaired) electrons. The zero-order valence-corrected chi connectivity index (χ0v) is 22.9. The summed E-state index contributed by atoms with van der Waals surface area (Å²) in [6.45, 7) is 3.22. The van der Waals surface area contributed by atoms with E-state index in [1.807, 2.05) is 30.5 Å². The fourth-order valence-corrected chi connectivity index (χ4v) is 10.5. The molecule has 0 amide bonds. The summed E-state index contributed by atoms with van der Waals surface area (Å²) in [5.41, 5.74) is 0.611.